The molecule has 0 saturated heterocycles. The highest BCUT2D eigenvalue weighted by Crippen LogP contribution is 2.33. The zero-order valence-electron chi connectivity index (χ0n) is 10.2. The van der Waals surface area contributed by atoms with E-state index >= 15 is 0 Å². The number of allylic oxidation sites excluding steroid dienone is 3. The van der Waals surface area contributed by atoms with Crippen LogP contribution in [0.1, 0.15) is 19.3 Å². The highest BCUT2D eigenvalue weighted by atomic mass is 32.3. The molecule has 0 bridgehead atoms. The summed E-state index contributed by atoms with van der Waals surface area (Å²) in [5.74, 6) is 0. The molecular weight excluding hydrogens is 242 g/mol. The molecule has 0 aliphatic carbocycles. The van der Waals surface area contributed by atoms with Gasteiger partial charge in [-0.3, -0.25) is 4.18 Å². The first-order valence-electron chi connectivity index (χ1n) is 4.82. The van der Waals surface area contributed by atoms with Crippen molar-refractivity contribution in [2.45, 2.75) is 19.3 Å². The van der Waals surface area contributed by atoms with Crippen LogP contribution < -0.4 is 6.15 Å². The van der Waals surface area contributed by atoms with Crippen molar-refractivity contribution in [1.82, 2.24) is 6.15 Å². The Morgan fingerprint density at radius 1 is 1.06 bits per heavy atom. The standard InChI is InChI=1S/C11H18O4S.H3N/c1-4-7-11(8-5-2,9-6-3)10-15-16(12,13)14;/h4-6H,1-3,7-10H2,(H,12,13,14);1H3. The minimum atomic E-state index is -4.67. The van der Waals surface area contributed by atoms with Crippen molar-refractivity contribution in [3.63, 3.8) is 0 Å². The van der Waals surface area contributed by atoms with Crippen molar-refractivity contribution < 1.29 is 17.2 Å². The Morgan fingerprint density at radius 2 is 1.41 bits per heavy atom. The molecule has 0 fully saturated rings. The minimum absolute atomic E-state index is 0. The van der Waals surface area contributed by atoms with Gasteiger partial charge in [0.25, 0.3) is 0 Å². The van der Waals surface area contributed by atoms with E-state index in [9.17, 15) is 13.0 Å². The van der Waals surface area contributed by atoms with Crippen molar-refractivity contribution >= 4 is 10.4 Å². The molecule has 0 aliphatic heterocycles. The van der Waals surface area contributed by atoms with E-state index in [1.165, 1.54) is 0 Å². The van der Waals surface area contributed by atoms with E-state index in [2.05, 4.69) is 23.9 Å². The van der Waals surface area contributed by atoms with E-state index in [0.29, 0.717) is 19.3 Å². The maximum absolute atomic E-state index is 10.4. The Labute approximate surface area is 103 Å². The van der Waals surface area contributed by atoms with Crippen molar-refractivity contribution in [2.24, 2.45) is 5.41 Å². The second-order valence-electron chi connectivity index (χ2n) is 3.65. The molecule has 0 aliphatic rings. The average molecular weight is 263 g/mol. The van der Waals surface area contributed by atoms with E-state index < -0.39 is 15.8 Å². The van der Waals surface area contributed by atoms with Crippen molar-refractivity contribution in [3.8, 4) is 0 Å². The lowest BCUT2D eigenvalue weighted by molar-refractivity contribution is 0.138. The lowest BCUT2D eigenvalue weighted by atomic mass is 9.79. The third-order valence-electron chi connectivity index (χ3n) is 2.24. The first-order valence-corrected chi connectivity index (χ1v) is 6.15. The lowest BCUT2D eigenvalue weighted by Gasteiger charge is -2.30. The minimum Gasteiger partial charge on any atom is -0.726 e. The van der Waals surface area contributed by atoms with Crippen LogP contribution >= 0.6 is 0 Å². The van der Waals surface area contributed by atoms with E-state index in [-0.39, 0.29) is 12.8 Å². The van der Waals surface area contributed by atoms with E-state index in [0.717, 1.165) is 0 Å². The summed E-state index contributed by atoms with van der Waals surface area (Å²) in [4.78, 5) is 0. The maximum atomic E-state index is 10.4. The molecule has 6 heteroatoms. The highest BCUT2D eigenvalue weighted by Gasteiger charge is 2.27. The van der Waals surface area contributed by atoms with Gasteiger partial charge in [0.1, 0.15) is 0 Å². The normalized spacial score (nSPS) is 11.4. The molecule has 5 nitrogen and oxygen atoms in total. The van der Waals surface area contributed by atoms with Crippen LogP contribution in [0.5, 0.6) is 0 Å². The fourth-order valence-corrected chi connectivity index (χ4v) is 1.94. The molecule has 0 radical (unpaired) electrons. The molecule has 100 valence electrons. The quantitative estimate of drug-likeness (QED) is 0.392. The fourth-order valence-electron chi connectivity index (χ4n) is 1.54. The van der Waals surface area contributed by atoms with Gasteiger partial charge >= 0.3 is 0 Å². The summed E-state index contributed by atoms with van der Waals surface area (Å²) in [7, 11) is -4.67. The number of hydrogen-bond donors (Lipinski definition) is 1. The van der Waals surface area contributed by atoms with Crippen LogP contribution in [0.15, 0.2) is 38.0 Å². The maximum Gasteiger partial charge on any atom is 0.217 e. The Hall–Kier alpha value is -0.950. The fraction of sp³-hybridized carbons (Fsp3) is 0.455. The molecule has 0 aromatic carbocycles. The summed E-state index contributed by atoms with van der Waals surface area (Å²) in [6, 6.07) is 0. The van der Waals surface area contributed by atoms with Gasteiger partial charge in [-0.25, -0.2) is 8.42 Å². The van der Waals surface area contributed by atoms with Gasteiger partial charge < -0.3 is 10.7 Å². The van der Waals surface area contributed by atoms with E-state index in [1.807, 2.05) is 0 Å². The van der Waals surface area contributed by atoms with Crippen molar-refractivity contribution in [1.29, 1.82) is 0 Å². The van der Waals surface area contributed by atoms with Crippen LogP contribution in [-0.4, -0.2) is 19.6 Å². The average Bonchev–Trinajstić information content (AvgIpc) is 2.15. The summed E-state index contributed by atoms with van der Waals surface area (Å²) in [6.45, 7) is 10.6. The van der Waals surface area contributed by atoms with Crippen LogP contribution in [0.2, 0.25) is 0 Å². The van der Waals surface area contributed by atoms with Crippen LogP contribution in [0, 0.1) is 5.41 Å². The number of hydrogen-bond acceptors (Lipinski definition) is 4. The van der Waals surface area contributed by atoms with Crippen LogP contribution in [0.3, 0.4) is 0 Å². The Balaban J connectivity index is 0. The first kappa shape index (κ1) is 18.4. The van der Waals surface area contributed by atoms with Crippen LogP contribution in [-0.2, 0) is 14.6 Å². The smallest absolute Gasteiger partial charge is 0.217 e. The zero-order valence-corrected chi connectivity index (χ0v) is 11.0. The second-order valence-corrected chi connectivity index (χ2v) is 4.70. The van der Waals surface area contributed by atoms with Gasteiger partial charge in [0.15, 0.2) is 0 Å². The number of rotatable bonds is 9. The van der Waals surface area contributed by atoms with Crippen LogP contribution in [0.25, 0.3) is 0 Å². The van der Waals surface area contributed by atoms with E-state index in [4.69, 9.17) is 0 Å². The summed E-state index contributed by atoms with van der Waals surface area (Å²) in [5, 5.41) is 0. The van der Waals surface area contributed by atoms with Gasteiger partial charge in [-0.2, -0.15) is 0 Å². The highest BCUT2D eigenvalue weighted by molar-refractivity contribution is 7.80. The molecule has 0 unspecified atom stereocenters. The van der Waals surface area contributed by atoms with Gasteiger partial charge in [-0.15, -0.1) is 19.7 Å². The Kier molecular flexibility index (Phi) is 8.87. The first-order chi connectivity index (χ1) is 7.39. The van der Waals surface area contributed by atoms with Gasteiger partial charge in [0, 0.05) is 5.41 Å². The van der Waals surface area contributed by atoms with Crippen LogP contribution in [0.4, 0.5) is 0 Å². The SMILES string of the molecule is C=CCC(CC=C)(CC=C)COS(=O)(=O)[O-].[NH4+]. The van der Waals surface area contributed by atoms with Gasteiger partial charge in [0.2, 0.25) is 10.4 Å². The molecule has 0 amide bonds. The molecule has 0 aromatic heterocycles. The molecule has 0 heterocycles. The second kappa shape index (κ2) is 8.19. The van der Waals surface area contributed by atoms with Gasteiger partial charge in [-0.1, -0.05) is 18.2 Å². The monoisotopic (exact) mass is 263 g/mol. The topological polar surface area (TPSA) is 103 Å². The Morgan fingerprint density at radius 3 is 1.65 bits per heavy atom. The predicted octanol–water partition coefficient (Wildman–Crippen LogP) is 2.55. The van der Waals surface area contributed by atoms with Crippen molar-refractivity contribution in [2.75, 3.05) is 6.61 Å². The Bertz CT molecular complexity index is 322. The summed E-state index contributed by atoms with van der Waals surface area (Å²) in [6.07, 6.45) is 6.57. The summed E-state index contributed by atoms with van der Waals surface area (Å²) < 4.78 is 35.6. The molecular formula is C11H21NO4S. The molecule has 17 heavy (non-hydrogen) atoms. The van der Waals surface area contributed by atoms with Gasteiger partial charge in [0.05, 0.1) is 6.61 Å². The molecule has 0 aromatic rings. The predicted molar refractivity (Wildman–Crippen MR) is 68.5 cm³/mol. The molecule has 0 atom stereocenters. The third kappa shape index (κ3) is 7.87. The lowest BCUT2D eigenvalue weighted by Crippen LogP contribution is -2.27. The van der Waals surface area contributed by atoms with Gasteiger partial charge in [-0.05, 0) is 19.3 Å². The van der Waals surface area contributed by atoms with E-state index in [1.54, 1.807) is 18.2 Å². The summed E-state index contributed by atoms with van der Waals surface area (Å²) >= 11 is 0. The van der Waals surface area contributed by atoms with Crippen molar-refractivity contribution in [3.05, 3.63) is 38.0 Å². The molecule has 0 saturated carbocycles. The molecule has 0 spiro atoms. The molecule has 0 rings (SSSR count). The zero-order chi connectivity index (χ0) is 12.7. The largest absolute Gasteiger partial charge is 0.726 e. The molecule has 4 N–H and O–H groups in total. The summed E-state index contributed by atoms with van der Waals surface area (Å²) in [5.41, 5.74) is -0.497. The number of quaternary nitrogens is 1. The third-order valence-corrected chi connectivity index (χ3v) is 2.65.